The number of halogens is 3. The Bertz CT molecular complexity index is 609. The number of rotatable bonds is 3. The monoisotopic (exact) mass is 281 g/mol. The number of aromatic nitrogens is 1. The van der Waals surface area contributed by atoms with Gasteiger partial charge in [0.25, 0.3) is 0 Å². The summed E-state index contributed by atoms with van der Waals surface area (Å²) in [6.45, 7) is 0. The molecule has 0 bridgehead atoms. The molecule has 0 atom stereocenters. The van der Waals surface area contributed by atoms with Crippen LogP contribution in [-0.4, -0.2) is 16.3 Å². The first-order valence-electron chi connectivity index (χ1n) is 5.56. The third-order valence-corrected chi connectivity index (χ3v) is 2.35. The zero-order valence-electron chi connectivity index (χ0n) is 10.1. The van der Waals surface area contributed by atoms with E-state index in [2.05, 4.69) is 15.5 Å². The predicted molar refractivity (Wildman–Crippen MR) is 68.6 cm³/mol. The second-order valence-electron chi connectivity index (χ2n) is 3.89. The molecular formula is C13H10F3N3O. The number of hydrazone groups is 1. The van der Waals surface area contributed by atoms with Crippen LogP contribution >= 0.6 is 0 Å². The molecule has 0 saturated carbocycles. The summed E-state index contributed by atoms with van der Waals surface area (Å²) in [6, 6.07) is 8.47. The molecule has 0 aliphatic rings. The summed E-state index contributed by atoms with van der Waals surface area (Å²) in [5.41, 5.74) is 2.32. The van der Waals surface area contributed by atoms with Gasteiger partial charge < -0.3 is 5.11 Å². The molecule has 7 heteroatoms. The van der Waals surface area contributed by atoms with Crippen LogP contribution in [0.3, 0.4) is 0 Å². The highest BCUT2D eigenvalue weighted by molar-refractivity contribution is 5.80. The quantitative estimate of drug-likeness (QED) is 0.670. The van der Waals surface area contributed by atoms with Crippen molar-refractivity contribution >= 4 is 12.0 Å². The molecule has 0 unspecified atom stereocenters. The molecule has 104 valence electrons. The van der Waals surface area contributed by atoms with Gasteiger partial charge in [-0.15, -0.1) is 0 Å². The standard InChI is InChI=1S/C13H10F3N3O/c14-13(15,16)10-4-5-12(17-8-10)19-18-7-9-2-1-3-11(20)6-9/h1-8,20H,(H,17,19). The first kappa shape index (κ1) is 13.9. The molecular weight excluding hydrogens is 271 g/mol. The third kappa shape index (κ3) is 3.71. The van der Waals surface area contributed by atoms with Crippen molar-refractivity contribution in [3.05, 3.63) is 53.7 Å². The molecule has 4 nitrogen and oxygen atoms in total. The molecule has 0 radical (unpaired) electrons. The number of phenolic OH excluding ortho intramolecular Hbond substituents is 1. The van der Waals surface area contributed by atoms with E-state index in [1.807, 2.05) is 0 Å². The summed E-state index contributed by atoms with van der Waals surface area (Å²) in [6.07, 6.45) is -2.26. The van der Waals surface area contributed by atoms with Gasteiger partial charge in [-0.3, -0.25) is 5.43 Å². The lowest BCUT2D eigenvalue weighted by Crippen LogP contribution is -2.05. The van der Waals surface area contributed by atoms with Crippen LogP contribution in [0.25, 0.3) is 0 Å². The lowest BCUT2D eigenvalue weighted by atomic mass is 10.2. The van der Waals surface area contributed by atoms with Crippen LogP contribution in [0.2, 0.25) is 0 Å². The van der Waals surface area contributed by atoms with Crippen LogP contribution in [0.4, 0.5) is 19.0 Å². The molecule has 0 aliphatic heterocycles. The number of benzene rings is 1. The van der Waals surface area contributed by atoms with E-state index in [9.17, 15) is 18.3 Å². The van der Waals surface area contributed by atoms with Gasteiger partial charge in [-0.25, -0.2) is 4.98 Å². The van der Waals surface area contributed by atoms with Crippen LogP contribution < -0.4 is 5.43 Å². The van der Waals surface area contributed by atoms with Crippen LogP contribution in [0.5, 0.6) is 5.75 Å². The maximum Gasteiger partial charge on any atom is 0.417 e. The van der Waals surface area contributed by atoms with E-state index in [1.165, 1.54) is 24.4 Å². The average molecular weight is 281 g/mol. The van der Waals surface area contributed by atoms with E-state index in [4.69, 9.17) is 0 Å². The fourth-order valence-corrected chi connectivity index (χ4v) is 1.41. The van der Waals surface area contributed by atoms with Gasteiger partial charge in [0.2, 0.25) is 0 Å². The lowest BCUT2D eigenvalue weighted by molar-refractivity contribution is -0.137. The van der Waals surface area contributed by atoms with Gasteiger partial charge >= 0.3 is 6.18 Å². The van der Waals surface area contributed by atoms with E-state index >= 15 is 0 Å². The molecule has 1 aromatic heterocycles. The van der Waals surface area contributed by atoms with E-state index in [0.717, 1.165) is 12.3 Å². The Balaban J connectivity index is 2.01. The van der Waals surface area contributed by atoms with Gasteiger partial charge in [-0.05, 0) is 29.8 Å². The van der Waals surface area contributed by atoms with E-state index < -0.39 is 11.7 Å². The van der Waals surface area contributed by atoms with Crippen molar-refractivity contribution in [3.63, 3.8) is 0 Å². The minimum Gasteiger partial charge on any atom is -0.508 e. The Morgan fingerprint density at radius 2 is 2.00 bits per heavy atom. The first-order valence-corrected chi connectivity index (χ1v) is 5.56. The summed E-state index contributed by atoms with van der Waals surface area (Å²) in [5, 5.41) is 13.1. The van der Waals surface area contributed by atoms with Gasteiger partial charge in [0.1, 0.15) is 11.6 Å². The van der Waals surface area contributed by atoms with Gasteiger partial charge in [-0.2, -0.15) is 18.3 Å². The zero-order chi connectivity index (χ0) is 14.6. The van der Waals surface area contributed by atoms with Crippen molar-refractivity contribution in [2.75, 3.05) is 5.43 Å². The van der Waals surface area contributed by atoms with Crippen molar-refractivity contribution in [1.82, 2.24) is 4.98 Å². The molecule has 1 aromatic carbocycles. The smallest absolute Gasteiger partial charge is 0.417 e. The Kier molecular flexibility index (Phi) is 3.88. The highest BCUT2D eigenvalue weighted by Gasteiger charge is 2.30. The van der Waals surface area contributed by atoms with Gasteiger partial charge in [0, 0.05) is 6.20 Å². The van der Waals surface area contributed by atoms with Crippen molar-refractivity contribution in [1.29, 1.82) is 0 Å². The maximum atomic E-state index is 12.3. The molecule has 1 heterocycles. The van der Waals surface area contributed by atoms with Crippen LogP contribution in [-0.2, 0) is 6.18 Å². The summed E-state index contributed by atoms with van der Waals surface area (Å²) < 4.78 is 37.0. The topological polar surface area (TPSA) is 57.5 Å². The zero-order valence-corrected chi connectivity index (χ0v) is 10.1. The number of anilines is 1. The number of pyridine rings is 1. The normalized spacial score (nSPS) is 11.8. The van der Waals surface area contributed by atoms with Crippen LogP contribution in [0, 0.1) is 0 Å². The SMILES string of the molecule is Oc1cccc(C=NNc2ccc(C(F)(F)F)cn2)c1. The predicted octanol–water partition coefficient (Wildman–Crippen LogP) is 3.25. The highest BCUT2D eigenvalue weighted by atomic mass is 19.4. The van der Waals surface area contributed by atoms with Crippen molar-refractivity contribution in [2.45, 2.75) is 6.18 Å². The van der Waals surface area contributed by atoms with E-state index in [1.54, 1.807) is 12.1 Å². The second-order valence-corrected chi connectivity index (χ2v) is 3.89. The number of alkyl halides is 3. The minimum absolute atomic E-state index is 0.0987. The first-order chi connectivity index (χ1) is 9.45. The van der Waals surface area contributed by atoms with Crippen LogP contribution in [0.15, 0.2) is 47.7 Å². The highest BCUT2D eigenvalue weighted by Crippen LogP contribution is 2.28. The molecule has 2 N–H and O–H groups in total. The van der Waals surface area contributed by atoms with Gasteiger partial charge in [0.15, 0.2) is 0 Å². The van der Waals surface area contributed by atoms with Gasteiger partial charge in [-0.1, -0.05) is 12.1 Å². The second kappa shape index (κ2) is 5.60. The number of nitrogens with one attached hydrogen (secondary N) is 1. The van der Waals surface area contributed by atoms with Crippen LogP contribution in [0.1, 0.15) is 11.1 Å². The molecule has 0 saturated heterocycles. The number of aromatic hydroxyl groups is 1. The van der Waals surface area contributed by atoms with Crippen molar-refractivity contribution < 1.29 is 18.3 Å². The molecule has 2 aromatic rings. The molecule has 20 heavy (non-hydrogen) atoms. The van der Waals surface area contributed by atoms with Crippen molar-refractivity contribution in [2.24, 2.45) is 5.10 Å². The number of phenols is 1. The third-order valence-electron chi connectivity index (χ3n) is 2.35. The summed E-state index contributed by atoms with van der Waals surface area (Å²) in [7, 11) is 0. The Hall–Kier alpha value is -2.57. The fourth-order valence-electron chi connectivity index (χ4n) is 1.41. The summed E-state index contributed by atoms with van der Waals surface area (Å²) >= 11 is 0. The largest absolute Gasteiger partial charge is 0.508 e. The van der Waals surface area contributed by atoms with E-state index in [0.29, 0.717) is 5.56 Å². The number of nitrogens with zero attached hydrogens (tertiary/aromatic N) is 2. The van der Waals surface area contributed by atoms with E-state index in [-0.39, 0.29) is 11.6 Å². The van der Waals surface area contributed by atoms with Gasteiger partial charge in [0.05, 0.1) is 11.8 Å². The Morgan fingerprint density at radius 1 is 1.20 bits per heavy atom. The summed E-state index contributed by atoms with van der Waals surface area (Å²) in [5.74, 6) is 0.288. The Morgan fingerprint density at radius 3 is 2.60 bits per heavy atom. The number of hydrogen-bond donors (Lipinski definition) is 2. The molecule has 0 spiro atoms. The Labute approximate surface area is 112 Å². The number of hydrogen-bond acceptors (Lipinski definition) is 4. The fraction of sp³-hybridized carbons (Fsp3) is 0.0769. The summed E-state index contributed by atoms with van der Waals surface area (Å²) in [4.78, 5) is 3.60. The molecule has 0 amide bonds. The molecule has 0 fully saturated rings. The minimum atomic E-state index is -4.41. The molecule has 2 rings (SSSR count). The average Bonchev–Trinajstić information content (AvgIpc) is 2.38. The maximum absolute atomic E-state index is 12.3. The van der Waals surface area contributed by atoms with Crippen molar-refractivity contribution in [3.8, 4) is 5.75 Å². The molecule has 0 aliphatic carbocycles. The lowest BCUT2D eigenvalue weighted by Gasteiger charge is -2.06.